The van der Waals surface area contributed by atoms with E-state index in [1.165, 1.54) is 12.1 Å². The number of tetrazole rings is 1. The van der Waals surface area contributed by atoms with Crippen molar-refractivity contribution < 1.29 is 4.39 Å². The van der Waals surface area contributed by atoms with E-state index in [1.54, 1.807) is 28.6 Å². The molecule has 96 valence electrons. The Morgan fingerprint density at radius 2 is 2.00 bits per heavy atom. The van der Waals surface area contributed by atoms with Gasteiger partial charge in [-0.15, -0.1) is 5.10 Å². The molecule has 2 rings (SSSR count). The molecule has 0 spiro atoms. The van der Waals surface area contributed by atoms with Crippen molar-refractivity contribution in [3.8, 4) is 0 Å². The van der Waals surface area contributed by atoms with Crippen molar-refractivity contribution in [2.45, 2.75) is 31.3 Å². The van der Waals surface area contributed by atoms with Crippen LogP contribution in [0.1, 0.15) is 19.4 Å². The molecular formula is C12H15FN4S. The molecule has 0 aliphatic carbocycles. The maximum atomic E-state index is 12.8. The lowest BCUT2D eigenvalue weighted by Gasteiger charge is -2.06. The molecule has 0 saturated carbocycles. The first-order valence-electron chi connectivity index (χ1n) is 5.78. The maximum Gasteiger partial charge on any atom is 0.209 e. The van der Waals surface area contributed by atoms with Crippen molar-refractivity contribution in [2.24, 2.45) is 5.92 Å². The summed E-state index contributed by atoms with van der Waals surface area (Å²) in [4.78, 5) is 0. The van der Waals surface area contributed by atoms with Crippen molar-refractivity contribution >= 4 is 11.8 Å². The molecule has 0 N–H and O–H groups in total. The quantitative estimate of drug-likeness (QED) is 0.781. The molecule has 0 amide bonds. The Labute approximate surface area is 110 Å². The Kier molecular flexibility index (Phi) is 4.30. The highest BCUT2D eigenvalue weighted by Crippen LogP contribution is 2.20. The minimum Gasteiger partial charge on any atom is -0.220 e. The molecule has 0 bridgehead atoms. The summed E-state index contributed by atoms with van der Waals surface area (Å²) in [6.45, 7) is 5.05. The van der Waals surface area contributed by atoms with Crippen molar-refractivity contribution in [1.82, 2.24) is 20.2 Å². The third-order valence-corrected chi connectivity index (χ3v) is 3.35. The number of rotatable bonds is 5. The number of nitrogens with zero attached hydrogens (tertiary/aromatic N) is 4. The lowest BCUT2D eigenvalue weighted by molar-refractivity contribution is 0.446. The molecule has 18 heavy (non-hydrogen) atoms. The summed E-state index contributed by atoms with van der Waals surface area (Å²) in [5.74, 6) is 1.02. The normalized spacial score (nSPS) is 11.1. The van der Waals surface area contributed by atoms with E-state index in [-0.39, 0.29) is 5.82 Å². The van der Waals surface area contributed by atoms with Crippen LogP contribution in [0.3, 0.4) is 0 Å². The van der Waals surface area contributed by atoms with E-state index in [2.05, 4.69) is 29.4 Å². The molecule has 0 aliphatic heterocycles. The summed E-state index contributed by atoms with van der Waals surface area (Å²) in [6.07, 6.45) is 0. The summed E-state index contributed by atoms with van der Waals surface area (Å²) in [5, 5.41) is 12.4. The SMILES string of the molecule is CC(C)Cn1nnnc1SCc1ccc(F)cc1. The summed E-state index contributed by atoms with van der Waals surface area (Å²) in [6, 6.07) is 6.48. The number of halogens is 1. The fourth-order valence-corrected chi connectivity index (χ4v) is 2.33. The van der Waals surface area contributed by atoms with Crippen LogP contribution in [-0.2, 0) is 12.3 Å². The molecule has 1 heterocycles. The van der Waals surface area contributed by atoms with Crippen LogP contribution in [0.25, 0.3) is 0 Å². The molecule has 0 atom stereocenters. The standard InChI is InChI=1S/C12H15FN4S/c1-9(2)7-17-12(14-15-16-17)18-8-10-3-5-11(13)6-4-10/h3-6,9H,7-8H2,1-2H3. The molecule has 0 radical (unpaired) electrons. The third kappa shape index (κ3) is 3.53. The second-order valence-corrected chi connectivity index (χ2v) is 5.40. The minimum atomic E-state index is -0.214. The van der Waals surface area contributed by atoms with Gasteiger partial charge in [-0.25, -0.2) is 9.07 Å². The van der Waals surface area contributed by atoms with Crippen molar-refractivity contribution in [1.29, 1.82) is 0 Å². The van der Waals surface area contributed by atoms with Gasteiger partial charge in [-0.05, 0) is 34.0 Å². The zero-order chi connectivity index (χ0) is 13.0. The van der Waals surface area contributed by atoms with Gasteiger partial charge in [-0.2, -0.15) is 0 Å². The lowest BCUT2D eigenvalue weighted by atomic mass is 10.2. The Hall–Kier alpha value is -1.43. The highest BCUT2D eigenvalue weighted by molar-refractivity contribution is 7.98. The van der Waals surface area contributed by atoms with E-state index in [0.717, 1.165) is 23.0 Å². The first-order valence-corrected chi connectivity index (χ1v) is 6.77. The van der Waals surface area contributed by atoms with Gasteiger partial charge in [0.2, 0.25) is 5.16 Å². The number of aromatic nitrogens is 4. The molecule has 2 aromatic rings. The predicted molar refractivity (Wildman–Crippen MR) is 68.6 cm³/mol. The first kappa shape index (κ1) is 13.0. The number of hydrogen-bond donors (Lipinski definition) is 0. The van der Waals surface area contributed by atoms with Crippen LogP contribution in [0.4, 0.5) is 4.39 Å². The largest absolute Gasteiger partial charge is 0.220 e. The van der Waals surface area contributed by atoms with Crippen molar-refractivity contribution in [2.75, 3.05) is 0 Å². The van der Waals surface area contributed by atoms with E-state index < -0.39 is 0 Å². The number of hydrogen-bond acceptors (Lipinski definition) is 4. The number of thioether (sulfide) groups is 1. The van der Waals surface area contributed by atoms with Crippen LogP contribution in [0, 0.1) is 11.7 Å². The Morgan fingerprint density at radius 3 is 2.67 bits per heavy atom. The fraction of sp³-hybridized carbons (Fsp3) is 0.417. The summed E-state index contributed by atoms with van der Waals surface area (Å²) in [5.41, 5.74) is 1.06. The van der Waals surface area contributed by atoms with Gasteiger partial charge in [0, 0.05) is 12.3 Å². The van der Waals surface area contributed by atoms with Gasteiger partial charge in [0.1, 0.15) is 5.82 Å². The van der Waals surface area contributed by atoms with E-state index in [4.69, 9.17) is 0 Å². The summed E-state index contributed by atoms with van der Waals surface area (Å²) in [7, 11) is 0. The molecule has 0 fully saturated rings. The fourth-order valence-electron chi connectivity index (χ4n) is 1.49. The predicted octanol–water partition coefficient (Wildman–Crippen LogP) is 2.76. The second kappa shape index (κ2) is 5.95. The average Bonchev–Trinajstić information content (AvgIpc) is 2.75. The highest BCUT2D eigenvalue weighted by atomic mass is 32.2. The summed E-state index contributed by atoms with van der Waals surface area (Å²) < 4.78 is 14.6. The van der Waals surface area contributed by atoms with Crippen LogP contribution in [0.5, 0.6) is 0 Å². The molecular weight excluding hydrogens is 251 g/mol. The Morgan fingerprint density at radius 1 is 1.28 bits per heavy atom. The first-order chi connectivity index (χ1) is 8.65. The van der Waals surface area contributed by atoms with Gasteiger partial charge in [0.15, 0.2) is 0 Å². The zero-order valence-electron chi connectivity index (χ0n) is 10.4. The topological polar surface area (TPSA) is 43.6 Å². The maximum absolute atomic E-state index is 12.8. The van der Waals surface area contributed by atoms with Gasteiger partial charge in [-0.1, -0.05) is 37.7 Å². The molecule has 0 saturated heterocycles. The van der Waals surface area contributed by atoms with E-state index in [9.17, 15) is 4.39 Å². The lowest BCUT2D eigenvalue weighted by Crippen LogP contribution is -2.07. The molecule has 6 heteroatoms. The Balaban J connectivity index is 1.97. The van der Waals surface area contributed by atoms with Crippen LogP contribution in [-0.4, -0.2) is 20.2 Å². The van der Waals surface area contributed by atoms with E-state index in [0.29, 0.717) is 5.92 Å². The Bertz CT molecular complexity index is 495. The highest BCUT2D eigenvalue weighted by Gasteiger charge is 2.08. The van der Waals surface area contributed by atoms with Gasteiger partial charge >= 0.3 is 0 Å². The summed E-state index contributed by atoms with van der Waals surface area (Å²) >= 11 is 1.56. The van der Waals surface area contributed by atoms with Crippen LogP contribution in [0.15, 0.2) is 29.4 Å². The molecule has 0 unspecified atom stereocenters. The van der Waals surface area contributed by atoms with Crippen molar-refractivity contribution in [3.63, 3.8) is 0 Å². The zero-order valence-corrected chi connectivity index (χ0v) is 11.2. The minimum absolute atomic E-state index is 0.214. The van der Waals surface area contributed by atoms with E-state index >= 15 is 0 Å². The molecule has 4 nitrogen and oxygen atoms in total. The molecule has 1 aromatic carbocycles. The van der Waals surface area contributed by atoms with Gasteiger partial charge in [0.05, 0.1) is 0 Å². The van der Waals surface area contributed by atoms with Crippen molar-refractivity contribution in [3.05, 3.63) is 35.6 Å². The molecule has 1 aromatic heterocycles. The third-order valence-electron chi connectivity index (χ3n) is 2.32. The van der Waals surface area contributed by atoms with E-state index in [1.807, 2.05) is 0 Å². The average molecular weight is 266 g/mol. The van der Waals surface area contributed by atoms with Crippen LogP contribution < -0.4 is 0 Å². The number of benzene rings is 1. The van der Waals surface area contributed by atoms with Crippen LogP contribution in [0.2, 0.25) is 0 Å². The smallest absolute Gasteiger partial charge is 0.209 e. The second-order valence-electron chi connectivity index (χ2n) is 4.45. The van der Waals surface area contributed by atoms with Crippen LogP contribution >= 0.6 is 11.8 Å². The monoisotopic (exact) mass is 266 g/mol. The van der Waals surface area contributed by atoms with Gasteiger partial charge in [0.25, 0.3) is 0 Å². The van der Waals surface area contributed by atoms with Gasteiger partial charge in [-0.3, -0.25) is 0 Å². The van der Waals surface area contributed by atoms with Gasteiger partial charge < -0.3 is 0 Å². The molecule has 0 aliphatic rings.